The highest BCUT2D eigenvalue weighted by Crippen LogP contribution is 2.28. The van der Waals surface area contributed by atoms with E-state index in [2.05, 4.69) is 10.6 Å². The summed E-state index contributed by atoms with van der Waals surface area (Å²) in [7, 11) is 0. The molecule has 0 fully saturated rings. The molecule has 0 aliphatic rings. The minimum Gasteiger partial charge on any atom is -0.348 e. The number of anilines is 2. The SMILES string of the molecule is CC(=O)N(CC(=O)NCC=O)c1ccccc1N(C=O)CC(=O)NC(C=O)Cc1cc(F)cc(F)c1. The molecule has 2 aromatic rings. The van der Waals surface area contributed by atoms with Gasteiger partial charge in [0.05, 0.1) is 24.0 Å². The summed E-state index contributed by atoms with van der Waals surface area (Å²) < 4.78 is 26.8. The maximum absolute atomic E-state index is 13.4. The topological polar surface area (TPSA) is 133 Å². The van der Waals surface area contributed by atoms with Crippen molar-refractivity contribution < 1.29 is 37.5 Å². The number of rotatable bonds is 13. The lowest BCUT2D eigenvalue weighted by molar-refractivity contribution is -0.123. The molecule has 1 unspecified atom stereocenters. The standard InChI is InChI=1S/C24H24F2N4O6/c1-16(34)30(13-23(35)27-6-7-31)22-5-3-2-4-21(22)29(15-33)12-24(36)28-20(14-32)10-17-8-18(25)11-19(26)9-17/h2-5,7-9,11,14-15,20H,6,10,12-13H2,1H3,(H,27,35)(H,28,36). The number of hydrogen-bond acceptors (Lipinski definition) is 6. The molecule has 0 bridgehead atoms. The van der Waals surface area contributed by atoms with Crippen molar-refractivity contribution in [2.24, 2.45) is 0 Å². The molecule has 2 rings (SSSR count). The second-order valence-electron chi connectivity index (χ2n) is 7.59. The van der Waals surface area contributed by atoms with Crippen LogP contribution in [0, 0.1) is 11.6 Å². The van der Waals surface area contributed by atoms with E-state index in [1.165, 1.54) is 19.1 Å². The van der Waals surface area contributed by atoms with E-state index < -0.39 is 48.5 Å². The molecule has 0 heterocycles. The van der Waals surface area contributed by atoms with Crippen LogP contribution in [0.3, 0.4) is 0 Å². The van der Waals surface area contributed by atoms with Crippen molar-refractivity contribution in [1.82, 2.24) is 10.6 Å². The Balaban J connectivity index is 2.19. The molecule has 2 aromatic carbocycles. The third-order valence-electron chi connectivity index (χ3n) is 4.88. The molecular weight excluding hydrogens is 478 g/mol. The third-order valence-corrected chi connectivity index (χ3v) is 4.88. The van der Waals surface area contributed by atoms with Crippen LogP contribution < -0.4 is 20.4 Å². The van der Waals surface area contributed by atoms with E-state index in [0.29, 0.717) is 25.0 Å². The quantitative estimate of drug-likeness (QED) is 0.384. The minimum absolute atomic E-state index is 0.121. The van der Waals surface area contributed by atoms with Crippen molar-refractivity contribution in [3.8, 4) is 0 Å². The highest BCUT2D eigenvalue weighted by molar-refractivity contribution is 6.02. The zero-order valence-corrected chi connectivity index (χ0v) is 19.3. The first-order chi connectivity index (χ1) is 17.2. The average Bonchev–Trinajstić information content (AvgIpc) is 2.83. The molecule has 190 valence electrons. The predicted octanol–water partition coefficient (Wildman–Crippen LogP) is 0.522. The molecule has 10 nitrogen and oxygen atoms in total. The van der Waals surface area contributed by atoms with E-state index in [1.807, 2.05) is 0 Å². The highest BCUT2D eigenvalue weighted by atomic mass is 19.1. The van der Waals surface area contributed by atoms with Gasteiger partial charge in [0.2, 0.25) is 24.1 Å². The smallest absolute Gasteiger partial charge is 0.240 e. The number of nitrogens with one attached hydrogen (secondary N) is 2. The predicted molar refractivity (Wildman–Crippen MR) is 125 cm³/mol. The van der Waals surface area contributed by atoms with E-state index >= 15 is 0 Å². The second-order valence-corrected chi connectivity index (χ2v) is 7.59. The van der Waals surface area contributed by atoms with Gasteiger partial charge in [0.1, 0.15) is 37.3 Å². The largest absolute Gasteiger partial charge is 0.348 e. The van der Waals surface area contributed by atoms with Crippen molar-refractivity contribution in [3.63, 3.8) is 0 Å². The summed E-state index contributed by atoms with van der Waals surface area (Å²) >= 11 is 0. The zero-order chi connectivity index (χ0) is 26.7. The molecule has 0 aliphatic heterocycles. The van der Waals surface area contributed by atoms with E-state index in [4.69, 9.17) is 0 Å². The number of halogens is 2. The number of aldehydes is 2. The van der Waals surface area contributed by atoms with Crippen molar-refractivity contribution in [2.45, 2.75) is 19.4 Å². The van der Waals surface area contributed by atoms with Gasteiger partial charge in [-0.2, -0.15) is 0 Å². The van der Waals surface area contributed by atoms with Crippen LogP contribution in [-0.2, 0) is 35.2 Å². The van der Waals surface area contributed by atoms with E-state index in [9.17, 15) is 37.5 Å². The third kappa shape index (κ3) is 8.08. The first-order valence-corrected chi connectivity index (χ1v) is 10.7. The van der Waals surface area contributed by atoms with Crippen LogP contribution in [0.2, 0.25) is 0 Å². The van der Waals surface area contributed by atoms with Gasteiger partial charge in [0.15, 0.2) is 0 Å². The number of nitrogens with zero attached hydrogens (tertiary/aromatic N) is 2. The number of carbonyl (C=O) groups excluding carboxylic acids is 6. The van der Waals surface area contributed by atoms with E-state index in [-0.39, 0.29) is 29.9 Å². The van der Waals surface area contributed by atoms with Gasteiger partial charge in [0.25, 0.3) is 0 Å². The fraction of sp³-hybridized carbons (Fsp3) is 0.250. The van der Waals surface area contributed by atoms with Crippen molar-refractivity contribution in [2.75, 3.05) is 29.4 Å². The Bertz CT molecular complexity index is 1120. The lowest BCUT2D eigenvalue weighted by Gasteiger charge is -2.27. The van der Waals surface area contributed by atoms with Crippen molar-refractivity contribution >= 4 is 48.1 Å². The molecule has 0 aliphatic carbocycles. The Labute approximate surface area is 205 Å². The first kappa shape index (κ1) is 27.8. The number of amides is 4. The molecule has 0 aromatic heterocycles. The maximum Gasteiger partial charge on any atom is 0.240 e. The number of carbonyl (C=O) groups is 6. The second kappa shape index (κ2) is 13.4. The summed E-state index contributed by atoms with van der Waals surface area (Å²) in [6.45, 7) is -0.0549. The summed E-state index contributed by atoms with van der Waals surface area (Å²) in [4.78, 5) is 72.7. The summed E-state index contributed by atoms with van der Waals surface area (Å²) in [5.74, 6) is -3.59. The summed E-state index contributed by atoms with van der Waals surface area (Å²) in [6.07, 6.45) is 1.03. The van der Waals surface area contributed by atoms with Gasteiger partial charge in [0, 0.05) is 13.0 Å². The molecule has 0 saturated carbocycles. The summed E-state index contributed by atoms with van der Waals surface area (Å²) in [5, 5.41) is 4.69. The van der Waals surface area contributed by atoms with Gasteiger partial charge in [-0.05, 0) is 36.2 Å². The number of hydrogen-bond donors (Lipinski definition) is 2. The van der Waals surface area contributed by atoms with Crippen LogP contribution in [0.4, 0.5) is 20.2 Å². The van der Waals surface area contributed by atoms with Gasteiger partial charge >= 0.3 is 0 Å². The van der Waals surface area contributed by atoms with E-state index in [1.54, 1.807) is 12.1 Å². The summed E-state index contributed by atoms with van der Waals surface area (Å²) in [6, 6.07) is 7.62. The Kier molecular flexibility index (Phi) is 10.3. The molecular formula is C24H24F2N4O6. The van der Waals surface area contributed by atoms with Crippen LogP contribution in [0.5, 0.6) is 0 Å². The Morgan fingerprint density at radius 2 is 1.58 bits per heavy atom. The van der Waals surface area contributed by atoms with Crippen LogP contribution in [0.15, 0.2) is 42.5 Å². The first-order valence-electron chi connectivity index (χ1n) is 10.7. The molecule has 1 atom stereocenters. The van der Waals surface area contributed by atoms with Crippen LogP contribution in [-0.4, -0.2) is 62.4 Å². The monoisotopic (exact) mass is 502 g/mol. The molecule has 0 radical (unpaired) electrons. The molecule has 0 saturated heterocycles. The molecule has 4 amide bonds. The van der Waals surface area contributed by atoms with Gasteiger partial charge in [-0.25, -0.2) is 8.78 Å². The molecule has 2 N–H and O–H groups in total. The Hall–Kier alpha value is -4.48. The number of benzene rings is 2. The molecule has 36 heavy (non-hydrogen) atoms. The minimum atomic E-state index is -1.13. The van der Waals surface area contributed by atoms with Gasteiger partial charge < -0.3 is 30.0 Å². The van der Waals surface area contributed by atoms with Gasteiger partial charge in [-0.15, -0.1) is 0 Å². The van der Waals surface area contributed by atoms with Crippen LogP contribution >= 0.6 is 0 Å². The lowest BCUT2D eigenvalue weighted by Crippen LogP contribution is -2.44. The number of para-hydroxylation sites is 2. The van der Waals surface area contributed by atoms with Gasteiger partial charge in [-0.3, -0.25) is 19.2 Å². The van der Waals surface area contributed by atoms with Crippen molar-refractivity contribution in [3.05, 3.63) is 59.7 Å². The molecule has 0 spiro atoms. The fourth-order valence-corrected chi connectivity index (χ4v) is 3.36. The average molecular weight is 502 g/mol. The fourth-order valence-electron chi connectivity index (χ4n) is 3.36. The lowest BCUT2D eigenvalue weighted by atomic mass is 10.1. The normalized spacial score (nSPS) is 11.1. The summed E-state index contributed by atoms with van der Waals surface area (Å²) in [5.41, 5.74) is 0.414. The van der Waals surface area contributed by atoms with Crippen molar-refractivity contribution in [1.29, 1.82) is 0 Å². The highest BCUT2D eigenvalue weighted by Gasteiger charge is 2.23. The Morgan fingerprint density at radius 3 is 2.14 bits per heavy atom. The zero-order valence-electron chi connectivity index (χ0n) is 19.3. The van der Waals surface area contributed by atoms with Crippen LogP contribution in [0.1, 0.15) is 12.5 Å². The Morgan fingerprint density at radius 1 is 0.944 bits per heavy atom. The van der Waals surface area contributed by atoms with E-state index in [0.717, 1.165) is 21.9 Å². The van der Waals surface area contributed by atoms with Crippen LogP contribution in [0.25, 0.3) is 0 Å². The maximum atomic E-state index is 13.4. The van der Waals surface area contributed by atoms with Gasteiger partial charge in [-0.1, -0.05) is 12.1 Å². The molecule has 12 heteroatoms.